The number of hydrogen-bond acceptors (Lipinski definition) is 4. The molecule has 140 valence electrons. The van der Waals surface area contributed by atoms with Crippen molar-refractivity contribution in [3.8, 4) is 0 Å². The molecule has 0 aliphatic rings. The summed E-state index contributed by atoms with van der Waals surface area (Å²) in [7, 11) is 0. The van der Waals surface area contributed by atoms with Gasteiger partial charge in [-0.05, 0) is 43.2 Å². The topological polar surface area (TPSA) is 66.9 Å². The lowest BCUT2D eigenvalue weighted by Crippen LogP contribution is -2.26. The Balaban J connectivity index is 2.24. The van der Waals surface area contributed by atoms with Gasteiger partial charge in [-0.15, -0.1) is 0 Å². The summed E-state index contributed by atoms with van der Waals surface area (Å²) >= 11 is 0. The first-order valence-electron chi connectivity index (χ1n) is 9.28. The lowest BCUT2D eigenvalue weighted by atomic mass is 9.98. The van der Waals surface area contributed by atoms with Crippen LogP contribution in [-0.4, -0.2) is 22.4 Å². The summed E-state index contributed by atoms with van der Waals surface area (Å²) in [5.41, 5.74) is 3.81. The SMILES string of the molecule is Cc1nc(Nc2c(C)cccc2C(C)C)cc(C(=O)NCCC(C)C)n1. The summed E-state index contributed by atoms with van der Waals surface area (Å²) in [6, 6.07) is 7.97. The van der Waals surface area contributed by atoms with Gasteiger partial charge in [0.15, 0.2) is 0 Å². The smallest absolute Gasteiger partial charge is 0.270 e. The molecule has 1 aromatic heterocycles. The molecule has 1 heterocycles. The predicted molar refractivity (Wildman–Crippen MR) is 107 cm³/mol. The van der Waals surface area contributed by atoms with Crippen LogP contribution in [-0.2, 0) is 0 Å². The Morgan fingerprint density at radius 2 is 1.85 bits per heavy atom. The van der Waals surface area contributed by atoms with Gasteiger partial charge in [0.2, 0.25) is 0 Å². The van der Waals surface area contributed by atoms with E-state index in [1.807, 2.05) is 0 Å². The van der Waals surface area contributed by atoms with Crippen LogP contribution in [0.15, 0.2) is 24.3 Å². The van der Waals surface area contributed by atoms with Crippen LogP contribution in [0, 0.1) is 19.8 Å². The van der Waals surface area contributed by atoms with Crippen LogP contribution in [0.2, 0.25) is 0 Å². The van der Waals surface area contributed by atoms with Crippen LogP contribution in [0.3, 0.4) is 0 Å². The van der Waals surface area contributed by atoms with Gasteiger partial charge in [-0.2, -0.15) is 0 Å². The van der Waals surface area contributed by atoms with Gasteiger partial charge in [0.25, 0.3) is 5.91 Å². The lowest BCUT2D eigenvalue weighted by Gasteiger charge is -2.17. The number of amides is 1. The Bertz CT molecular complexity index is 769. The third-order valence-corrected chi connectivity index (χ3v) is 4.26. The molecule has 0 radical (unpaired) electrons. The largest absolute Gasteiger partial charge is 0.351 e. The maximum atomic E-state index is 12.4. The van der Waals surface area contributed by atoms with Gasteiger partial charge < -0.3 is 10.6 Å². The quantitative estimate of drug-likeness (QED) is 0.754. The van der Waals surface area contributed by atoms with Crippen molar-refractivity contribution >= 4 is 17.4 Å². The molecule has 2 N–H and O–H groups in total. The van der Waals surface area contributed by atoms with Crippen molar-refractivity contribution in [2.24, 2.45) is 5.92 Å². The van der Waals surface area contributed by atoms with Crippen molar-refractivity contribution in [3.63, 3.8) is 0 Å². The number of para-hydroxylation sites is 1. The second-order valence-electron chi connectivity index (χ2n) is 7.44. The van der Waals surface area contributed by atoms with E-state index in [0.29, 0.717) is 35.7 Å². The second-order valence-corrected chi connectivity index (χ2v) is 7.44. The molecule has 0 aliphatic heterocycles. The zero-order chi connectivity index (χ0) is 19.3. The second kappa shape index (κ2) is 8.79. The Hall–Kier alpha value is -2.43. The van der Waals surface area contributed by atoms with E-state index in [4.69, 9.17) is 0 Å². The molecule has 2 rings (SSSR count). The third-order valence-electron chi connectivity index (χ3n) is 4.26. The van der Waals surface area contributed by atoms with E-state index in [-0.39, 0.29) is 5.91 Å². The molecule has 0 saturated heterocycles. The first-order valence-corrected chi connectivity index (χ1v) is 9.28. The molecular weight excluding hydrogens is 324 g/mol. The molecule has 26 heavy (non-hydrogen) atoms. The lowest BCUT2D eigenvalue weighted by molar-refractivity contribution is 0.0946. The summed E-state index contributed by atoms with van der Waals surface area (Å²) < 4.78 is 0. The van der Waals surface area contributed by atoms with E-state index in [2.05, 4.69) is 73.4 Å². The Morgan fingerprint density at radius 3 is 2.50 bits per heavy atom. The minimum absolute atomic E-state index is 0.159. The van der Waals surface area contributed by atoms with E-state index in [1.54, 1.807) is 13.0 Å². The number of hydrogen-bond donors (Lipinski definition) is 2. The Morgan fingerprint density at radius 1 is 1.12 bits per heavy atom. The number of benzene rings is 1. The molecule has 0 unspecified atom stereocenters. The number of carbonyl (C=O) groups is 1. The Kier molecular flexibility index (Phi) is 6.72. The fourth-order valence-corrected chi connectivity index (χ4v) is 2.78. The van der Waals surface area contributed by atoms with Gasteiger partial charge in [-0.25, -0.2) is 9.97 Å². The molecule has 1 aromatic carbocycles. The highest BCUT2D eigenvalue weighted by Gasteiger charge is 2.13. The molecule has 0 aliphatic carbocycles. The van der Waals surface area contributed by atoms with Crippen LogP contribution in [0.1, 0.15) is 67.5 Å². The number of nitrogens with one attached hydrogen (secondary N) is 2. The number of aryl methyl sites for hydroxylation is 2. The fraction of sp³-hybridized carbons (Fsp3) is 0.476. The van der Waals surface area contributed by atoms with Crippen LogP contribution < -0.4 is 10.6 Å². The summed E-state index contributed by atoms with van der Waals surface area (Å²) in [6.07, 6.45) is 0.946. The average molecular weight is 354 g/mol. The standard InChI is InChI=1S/C21H30N4O/c1-13(2)10-11-22-21(26)18-12-19(24-16(6)23-18)25-20-15(5)8-7-9-17(20)14(3)4/h7-9,12-14H,10-11H2,1-6H3,(H,22,26)(H,23,24,25). The molecule has 0 fully saturated rings. The minimum atomic E-state index is -0.159. The van der Waals surface area contributed by atoms with Gasteiger partial charge in [0.05, 0.1) is 0 Å². The first-order chi connectivity index (χ1) is 12.3. The van der Waals surface area contributed by atoms with E-state index < -0.39 is 0 Å². The van der Waals surface area contributed by atoms with Crippen LogP contribution >= 0.6 is 0 Å². The molecule has 0 bridgehead atoms. The molecule has 5 heteroatoms. The van der Waals surface area contributed by atoms with E-state index in [9.17, 15) is 4.79 Å². The molecule has 0 saturated carbocycles. The molecule has 2 aromatic rings. The van der Waals surface area contributed by atoms with Crippen molar-refractivity contribution in [3.05, 3.63) is 46.9 Å². The van der Waals surface area contributed by atoms with Gasteiger partial charge in [-0.3, -0.25) is 4.79 Å². The maximum Gasteiger partial charge on any atom is 0.270 e. The van der Waals surface area contributed by atoms with Gasteiger partial charge in [0.1, 0.15) is 17.3 Å². The van der Waals surface area contributed by atoms with E-state index >= 15 is 0 Å². The number of rotatable bonds is 7. The van der Waals surface area contributed by atoms with Crippen molar-refractivity contribution in [1.82, 2.24) is 15.3 Å². The molecular formula is C21H30N4O. The van der Waals surface area contributed by atoms with Crippen molar-refractivity contribution in [2.45, 2.75) is 53.9 Å². The highest BCUT2D eigenvalue weighted by Crippen LogP contribution is 2.29. The third kappa shape index (κ3) is 5.28. The normalized spacial score (nSPS) is 11.1. The summed E-state index contributed by atoms with van der Waals surface area (Å²) in [6.45, 7) is 13.1. The van der Waals surface area contributed by atoms with Gasteiger partial charge in [-0.1, -0.05) is 45.9 Å². The number of aromatic nitrogens is 2. The van der Waals surface area contributed by atoms with E-state index in [0.717, 1.165) is 17.7 Å². The van der Waals surface area contributed by atoms with Crippen LogP contribution in [0.5, 0.6) is 0 Å². The Labute approximate surface area is 156 Å². The molecule has 1 amide bonds. The number of anilines is 2. The predicted octanol–water partition coefficient (Wildman–Crippen LogP) is 4.74. The van der Waals surface area contributed by atoms with E-state index in [1.165, 1.54) is 5.56 Å². The summed E-state index contributed by atoms with van der Waals surface area (Å²) in [5, 5.41) is 6.33. The highest BCUT2D eigenvalue weighted by molar-refractivity contribution is 5.93. The zero-order valence-corrected chi connectivity index (χ0v) is 16.7. The first kappa shape index (κ1) is 19.9. The van der Waals surface area contributed by atoms with Crippen LogP contribution in [0.25, 0.3) is 0 Å². The number of nitrogens with zero attached hydrogens (tertiary/aromatic N) is 2. The van der Waals surface area contributed by atoms with Gasteiger partial charge >= 0.3 is 0 Å². The monoisotopic (exact) mass is 354 g/mol. The minimum Gasteiger partial charge on any atom is -0.351 e. The maximum absolute atomic E-state index is 12.4. The summed E-state index contributed by atoms with van der Waals surface area (Å²) in [4.78, 5) is 21.1. The highest BCUT2D eigenvalue weighted by atomic mass is 16.1. The molecule has 0 spiro atoms. The summed E-state index contributed by atoms with van der Waals surface area (Å²) in [5.74, 6) is 1.99. The molecule has 0 atom stereocenters. The average Bonchev–Trinajstić information content (AvgIpc) is 2.55. The van der Waals surface area contributed by atoms with Gasteiger partial charge in [0, 0.05) is 18.3 Å². The van der Waals surface area contributed by atoms with Crippen molar-refractivity contribution < 1.29 is 4.79 Å². The van der Waals surface area contributed by atoms with Crippen molar-refractivity contribution in [2.75, 3.05) is 11.9 Å². The van der Waals surface area contributed by atoms with Crippen LogP contribution in [0.4, 0.5) is 11.5 Å². The zero-order valence-electron chi connectivity index (χ0n) is 16.7. The number of carbonyl (C=O) groups excluding carboxylic acids is 1. The fourth-order valence-electron chi connectivity index (χ4n) is 2.78. The molecule has 5 nitrogen and oxygen atoms in total. The van der Waals surface area contributed by atoms with Crippen molar-refractivity contribution in [1.29, 1.82) is 0 Å².